The average molecular weight is 345 g/mol. The van der Waals surface area contributed by atoms with Crippen molar-refractivity contribution in [1.82, 2.24) is 0 Å². The fraction of sp³-hybridized carbons (Fsp3) is 0.696. The first-order valence-electron chi connectivity index (χ1n) is 9.85. The first-order valence-corrected chi connectivity index (χ1v) is 9.85. The average Bonchev–Trinajstić information content (AvgIpc) is 2.89. The molecule has 0 aromatic heterocycles. The van der Waals surface area contributed by atoms with Gasteiger partial charge in [0.1, 0.15) is 6.29 Å². The van der Waals surface area contributed by atoms with Crippen LogP contribution in [0.15, 0.2) is 24.3 Å². The Hall–Kier alpha value is -1.15. The third kappa shape index (κ3) is 3.84. The van der Waals surface area contributed by atoms with Gasteiger partial charge in [-0.15, -0.1) is 0 Å². The number of fused-ring (bicyclic) bond motifs is 2. The monoisotopic (exact) mass is 344 g/mol. The molecule has 2 aliphatic carbocycles. The lowest BCUT2D eigenvalue weighted by atomic mass is 9.70. The van der Waals surface area contributed by atoms with E-state index >= 15 is 0 Å². The van der Waals surface area contributed by atoms with Gasteiger partial charge in [0, 0.05) is 6.42 Å². The molecule has 1 N–H and O–H groups in total. The molecule has 0 saturated heterocycles. The van der Waals surface area contributed by atoms with Crippen LogP contribution in [0.3, 0.4) is 0 Å². The van der Waals surface area contributed by atoms with Crippen LogP contribution in [0.25, 0.3) is 0 Å². The number of carbonyl (C=O) groups is 1. The maximum Gasteiger partial charge on any atom is 0.120 e. The Morgan fingerprint density at radius 3 is 2.24 bits per heavy atom. The van der Waals surface area contributed by atoms with Gasteiger partial charge in [-0.25, -0.2) is 0 Å². The Bertz CT molecular complexity index is 590. The van der Waals surface area contributed by atoms with Crippen LogP contribution in [-0.2, 0) is 4.79 Å². The van der Waals surface area contributed by atoms with Crippen molar-refractivity contribution in [3.05, 3.63) is 35.4 Å². The van der Waals surface area contributed by atoms with E-state index in [4.69, 9.17) is 0 Å². The van der Waals surface area contributed by atoms with Crippen molar-refractivity contribution in [3.63, 3.8) is 0 Å². The first kappa shape index (κ1) is 20.2. The number of carbonyl (C=O) groups excluding carboxylic acids is 1. The van der Waals surface area contributed by atoms with Gasteiger partial charge in [0.05, 0.1) is 6.10 Å². The fourth-order valence-electron chi connectivity index (χ4n) is 4.67. The number of rotatable bonds is 4. The van der Waals surface area contributed by atoms with Crippen molar-refractivity contribution in [2.75, 3.05) is 0 Å². The lowest BCUT2D eigenvalue weighted by molar-refractivity contribution is -0.108. The van der Waals surface area contributed by atoms with Gasteiger partial charge < -0.3 is 9.90 Å². The van der Waals surface area contributed by atoms with Crippen molar-refractivity contribution in [3.8, 4) is 0 Å². The molecular weight excluding hydrogens is 308 g/mol. The van der Waals surface area contributed by atoms with Crippen LogP contribution in [0.5, 0.6) is 0 Å². The largest absolute Gasteiger partial charge is 0.393 e. The molecule has 2 heteroatoms. The summed E-state index contributed by atoms with van der Waals surface area (Å²) in [5, 5.41) is 9.81. The van der Waals surface area contributed by atoms with Gasteiger partial charge >= 0.3 is 0 Å². The van der Waals surface area contributed by atoms with E-state index < -0.39 is 0 Å². The third-order valence-electron chi connectivity index (χ3n) is 7.34. The summed E-state index contributed by atoms with van der Waals surface area (Å²) in [5.41, 5.74) is 3.22. The summed E-state index contributed by atoms with van der Waals surface area (Å²) in [6.45, 7) is 13.4. The van der Waals surface area contributed by atoms with Crippen LogP contribution < -0.4 is 0 Å². The van der Waals surface area contributed by atoms with E-state index in [0.29, 0.717) is 23.7 Å². The van der Waals surface area contributed by atoms with Crippen LogP contribution in [0.2, 0.25) is 0 Å². The molecule has 0 radical (unpaired) electrons. The Balaban J connectivity index is 0.000000185. The van der Waals surface area contributed by atoms with Crippen molar-refractivity contribution < 1.29 is 9.90 Å². The van der Waals surface area contributed by atoms with E-state index in [1.807, 2.05) is 0 Å². The summed E-state index contributed by atoms with van der Waals surface area (Å²) in [4.78, 5) is 10.4. The summed E-state index contributed by atoms with van der Waals surface area (Å²) in [6, 6.07) is 8.52. The number of hydrogen-bond acceptors (Lipinski definition) is 2. The Morgan fingerprint density at radius 2 is 1.84 bits per heavy atom. The van der Waals surface area contributed by atoms with E-state index in [1.165, 1.54) is 24.0 Å². The van der Waals surface area contributed by atoms with Crippen LogP contribution in [-0.4, -0.2) is 17.5 Å². The molecule has 3 rings (SSSR count). The molecule has 2 fully saturated rings. The Labute approximate surface area is 154 Å². The fourth-order valence-corrected chi connectivity index (χ4v) is 4.67. The molecule has 0 aliphatic heterocycles. The number of benzene rings is 1. The molecule has 0 spiro atoms. The Kier molecular flexibility index (Phi) is 6.14. The van der Waals surface area contributed by atoms with E-state index in [9.17, 15) is 9.90 Å². The molecule has 1 aromatic carbocycles. The number of aliphatic hydroxyl groups excluding tert-OH is 1. The maximum atomic E-state index is 10.4. The molecule has 0 heterocycles. The molecule has 2 saturated carbocycles. The zero-order chi connectivity index (χ0) is 18.8. The zero-order valence-corrected chi connectivity index (χ0v) is 16.9. The predicted octanol–water partition coefficient (Wildman–Crippen LogP) is 5.70. The first-order chi connectivity index (χ1) is 11.6. The van der Waals surface area contributed by atoms with Gasteiger partial charge in [-0.2, -0.15) is 0 Å². The van der Waals surface area contributed by atoms with Gasteiger partial charge in [-0.3, -0.25) is 0 Å². The quantitative estimate of drug-likeness (QED) is 0.712. The number of aldehydes is 1. The standard InChI is InChI=1S/C13H18O.C10H18O/c1-10(2)12-5-4-6-13(9-12)11(3)7-8-14;1-9(2)7-4-5-10(9,3)8(11)6-7/h4-6,8-11H,7H2,1-3H3;7-8,11H,4-6H2,1-3H3. The normalized spacial score (nSPS) is 30.7. The van der Waals surface area contributed by atoms with Crippen molar-refractivity contribution in [2.24, 2.45) is 16.7 Å². The van der Waals surface area contributed by atoms with E-state index in [1.54, 1.807) is 0 Å². The highest BCUT2D eigenvalue weighted by Crippen LogP contribution is 2.65. The second-order valence-corrected chi connectivity index (χ2v) is 9.25. The second kappa shape index (κ2) is 7.61. The van der Waals surface area contributed by atoms with E-state index in [2.05, 4.69) is 65.8 Å². The van der Waals surface area contributed by atoms with Crippen molar-refractivity contribution in [1.29, 1.82) is 0 Å². The van der Waals surface area contributed by atoms with Gasteiger partial charge in [-0.05, 0) is 59.0 Å². The minimum absolute atomic E-state index is 0.0313. The molecule has 1 aromatic rings. The van der Waals surface area contributed by atoms with Crippen LogP contribution in [0, 0.1) is 16.7 Å². The molecule has 4 atom stereocenters. The highest BCUT2D eigenvalue weighted by molar-refractivity contribution is 5.51. The number of aliphatic hydroxyl groups is 1. The molecule has 140 valence electrons. The number of hydrogen-bond donors (Lipinski definition) is 1. The highest BCUT2D eigenvalue weighted by atomic mass is 16.3. The Morgan fingerprint density at radius 1 is 1.20 bits per heavy atom. The summed E-state index contributed by atoms with van der Waals surface area (Å²) in [6.07, 6.45) is 5.18. The predicted molar refractivity (Wildman–Crippen MR) is 105 cm³/mol. The van der Waals surface area contributed by atoms with Crippen LogP contribution >= 0.6 is 0 Å². The minimum Gasteiger partial charge on any atom is -0.393 e. The third-order valence-corrected chi connectivity index (χ3v) is 7.34. The maximum absolute atomic E-state index is 10.4. The summed E-state index contributed by atoms with van der Waals surface area (Å²) in [5.74, 6) is 1.67. The molecule has 0 amide bonds. The SMILES string of the molecule is CC(C)c1cccc(C(C)CC=O)c1.CC1(C)C2CCC1(C)C(O)C2. The molecular formula is C23H36O2. The van der Waals surface area contributed by atoms with Gasteiger partial charge in [0.25, 0.3) is 0 Å². The molecule has 4 unspecified atom stereocenters. The van der Waals surface area contributed by atoms with Crippen molar-refractivity contribution in [2.45, 2.75) is 85.2 Å². The lowest BCUT2D eigenvalue weighted by Gasteiger charge is -2.36. The topological polar surface area (TPSA) is 37.3 Å². The van der Waals surface area contributed by atoms with E-state index in [-0.39, 0.29) is 11.5 Å². The summed E-state index contributed by atoms with van der Waals surface area (Å²) < 4.78 is 0. The molecule has 2 nitrogen and oxygen atoms in total. The highest BCUT2D eigenvalue weighted by Gasteiger charge is 2.60. The second-order valence-electron chi connectivity index (χ2n) is 9.25. The molecule has 25 heavy (non-hydrogen) atoms. The summed E-state index contributed by atoms with van der Waals surface area (Å²) in [7, 11) is 0. The minimum atomic E-state index is -0.0313. The van der Waals surface area contributed by atoms with Crippen LogP contribution in [0.1, 0.15) is 90.2 Å². The van der Waals surface area contributed by atoms with Crippen molar-refractivity contribution >= 4 is 6.29 Å². The van der Waals surface area contributed by atoms with E-state index in [0.717, 1.165) is 18.6 Å². The smallest absolute Gasteiger partial charge is 0.120 e. The van der Waals surface area contributed by atoms with Gasteiger partial charge in [0.15, 0.2) is 0 Å². The van der Waals surface area contributed by atoms with Gasteiger partial charge in [0.2, 0.25) is 0 Å². The zero-order valence-electron chi connectivity index (χ0n) is 16.9. The summed E-state index contributed by atoms with van der Waals surface area (Å²) >= 11 is 0. The van der Waals surface area contributed by atoms with Crippen LogP contribution in [0.4, 0.5) is 0 Å². The molecule has 2 aliphatic rings. The lowest BCUT2D eigenvalue weighted by Crippen LogP contribution is -2.35. The molecule has 2 bridgehead atoms. The van der Waals surface area contributed by atoms with Gasteiger partial charge in [-0.1, -0.05) is 65.8 Å².